The van der Waals surface area contributed by atoms with Crippen LogP contribution in [0.15, 0.2) is 61.4 Å². The number of ether oxygens (including phenoxy) is 1. The molecule has 6 rings (SSSR count). The molecule has 6 aromatic rings. The monoisotopic (exact) mass is 495 g/mol. The van der Waals surface area contributed by atoms with Crippen LogP contribution >= 0.6 is 0 Å². The van der Waals surface area contributed by atoms with Crippen LogP contribution in [0.3, 0.4) is 0 Å². The van der Waals surface area contributed by atoms with Gasteiger partial charge in [0, 0.05) is 54.1 Å². The highest BCUT2D eigenvalue weighted by atomic mass is 19.1. The number of hydrogen-bond donors (Lipinski definition) is 2. The Morgan fingerprint density at radius 3 is 2.65 bits per heavy atom. The van der Waals surface area contributed by atoms with E-state index in [2.05, 4.69) is 40.1 Å². The lowest BCUT2D eigenvalue weighted by Gasteiger charge is -2.12. The topological polar surface area (TPSA) is 121 Å². The molecular weight excluding hydrogens is 473 g/mol. The predicted octanol–water partition coefficient (Wildman–Crippen LogP) is 4.10. The first-order chi connectivity index (χ1) is 18.0. The predicted molar refractivity (Wildman–Crippen MR) is 137 cm³/mol. The molecule has 0 bridgehead atoms. The van der Waals surface area contributed by atoms with Crippen molar-refractivity contribution in [2.45, 2.75) is 0 Å². The molecule has 0 unspecified atom stereocenters. The Morgan fingerprint density at radius 2 is 1.81 bits per heavy atom. The van der Waals surface area contributed by atoms with E-state index in [0.717, 1.165) is 28.6 Å². The fourth-order valence-electron chi connectivity index (χ4n) is 4.10. The number of halogens is 1. The van der Waals surface area contributed by atoms with Crippen LogP contribution in [-0.4, -0.2) is 72.2 Å². The van der Waals surface area contributed by atoms with Gasteiger partial charge in [-0.15, -0.1) is 0 Å². The molecule has 11 heteroatoms. The van der Waals surface area contributed by atoms with Crippen LogP contribution < -0.4 is 4.74 Å². The molecule has 0 saturated carbocycles. The first kappa shape index (κ1) is 22.7. The summed E-state index contributed by atoms with van der Waals surface area (Å²) in [5, 5.41) is 8.14. The maximum atomic E-state index is 14.5. The van der Waals surface area contributed by atoms with E-state index in [-0.39, 0.29) is 5.82 Å². The molecule has 0 spiro atoms. The summed E-state index contributed by atoms with van der Waals surface area (Å²) >= 11 is 0. The number of rotatable bonds is 7. The molecule has 0 fully saturated rings. The first-order valence-electron chi connectivity index (χ1n) is 11.6. The molecule has 1 aromatic carbocycles. The number of likely N-dealkylation sites (N-methyl/N-ethyl adjacent to an activating group) is 1. The van der Waals surface area contributed by atoms with Gasteiger partial charge in [-0.05, 0) is 43.9 Å². The molecule has 0 aliphatic heterocycles. The minimum Gasteiger partial charge on any atom is -0.492 e. The SMILES string of the molecule is CN(C)CCOc1cc(F)cc(-c2ccnc3nc(-c4[nH]nc5ncc(-c6cncnc6)cc45)[nH]c23)c1. The van der Waals surface area contributed by atoms with Crippen LogP contribution in [0.5, 0.6) is 5.75 Å². The molecule has 0 saturated heterocycles. The van der Waals surface area contributed by atoms with Gasteiger partial charge in [0.1, 0.15) is 30.2 Å². The molecule has 5 aromatic heterocycles. The Morgan fingerprint density at radius 1 is 0.946 bits per heavy atom. The number of H-pyrrole nitrogens is 2. The number of benzene rings is 1. The lowest BCUT2D eigenvalue weighted by Crippen LogP contribution is -2.19. The summed E-state index contributed by atoms with van der Waals surface area (Å²) in [6, 6.07) is 8.46. The molecule has 10 nitrogen and oxygen atoms in total. The van der Waals surface area contributed by atoms with Crippen LogP contribution in [0.25, 0.3) is 56.0 Å². The third kappa shape index (κ3) is 4.47. The summed E-state index contributed by atoms with van der Waals surface area (Å²) in [7, 11) is 3.92. The van der Waals surface area contributed by atoms with Crippen molar-refractivity contribution in [3.05, 3.63) is 67.3 Å². The standard InChI is InChI=1S/C26H22FN9O/c1-36(2)5-6-37-19-8-15(7-18(27)10-19)20-3-4-30-25-22(20)32-26(33-25)23-21-9-16(13-31-24(21)35-34-23)17-11-28-14-29-12-17/h3-4,7-14H,5-6H2,1-2H3,(H,30,32,33)(H,31,34,35). The van der Waals surface area contributed by atoms with Gasteiger partial charge in [-0.2, -0.15) is 5.10 Å². The highest BCUT2D eigenvalue weighted by Crippen LogP contribution is 2.33. The zero-order valence-electron chi connectivity index (χ0n) is 20.1. The van der Waals surface area contributed by atoms with Crippen LogP contribution in [0, 0.1) is 5.82 Å². The van der Waals surface area contributed by atoms with E-state index in [4.69, 9.17) is 4.74 Å². The second-order valence-electron chi connectivity index (χ2n) is 8.79. The van der Waals surface area contributed by atoms with Gasteiger partial charge in [0.25, 0.3) is 0 Å². The fourth-order valence-corrected chi connectivity index (χ4v) is 4.10. The maximum Gasteiger partial charge on any atom is 0.181 e. The summed E-state index contributed by atoms with van der Waals surface area (Å²) < 4.78 is 20.3. The van der Waals surface area contributed by atoms with Gasteiger partial charge in [-0.25, -0.2) is 29.3 Å². The van der Waals surface area contributed by atoms with E-state index < -0.39 is 0 Å². The summed E-state index contributed by atoms with van der Waals surface area (Å²) in [6.07, 6.45) is 8.32. The van der Waals surface area contributed by atoms with Gasteiger partial charge in [0.15, 0.2) is 17.1 Å². The average molecular weight is 496 g/mol. The largest absolute Gasteiger partial charge is 0.492 e. The van der Waals surface area contributed by atoms with E-state index in [1.165, 1.54) is 18.5 Å². The van der Waals surface area contributed by atoms with Crippen molar-refractivity contribution in [2.75, 3.05) is 27.2 Å². The second-order valence-corrected chi connectivity index (χ2v) is 8.79. The van der Waals surface area contributed by atoms with Crippen molar-refractivity contribution in [2.24, 2.45) is 0 Å². The normalized spacial score (nSPS) is 11.6. The Labute approximate surface area is 210 Å². The van der Waals surface area contributed by atoms with E-state index in [1.54, 1.807) is 24.8 Å². The third-order valence-electron chi connectivity index (χ3n) is 5.92. The lowest BCUT2D eigenvalue weighted by molar-refractivity contribution is 0.260. The van der Waals surface area contributed by atoms with Crippen molar-refractivity contribution in [3.63, 3.8) is 0 Å². The van der Waals surface area contributed by atoms with Crippen LogP contribution in [0.4, 0.5) is 4.39 Å². The Balaban J connectivity index is 1.41. The minimum atomic E-state index is -0.384. The fraction of sp³-hybridized carbons (Fsp3) is 0.154. The molecule has 0 atom stereocenters. The van der Waals surface area contributed by atoms with E-state index in [1.807, 2.05) is 37.2 Å². The highest BCUT2D eigenvalue weighted by Gasteiger charge is 2.17. The number of nitrogens with one attached hydrogen (secondary N) is 2. The lowest BCUT2D eigenvalue weighted by atomic mass is 10.1. The van der Waals surface area contributed by atoms with Crippen molar-refractivity contribution in [1.29, 1.82) is 0 Å². The number of aromatic amines is 2. The van der Waals surface area contributed by atoms with Crippen LogP contribution in [0.1, 0.15) is 0 Å². The molecule has 2 N–H and O–H groups in total. The van der Waals surface area contributed by atoms with Crippen molar-refractivity contribution < 1.29 is 9.13 Å². The number of fused-ring (bicyclic) bond motifs is 2. The second kappa shape index (κ2) is 9.36. The Kier molecular flexibility index (Phi) is 5.73. The third-order valence-corrected chi connectivity index (χ3v) is 5.92. The van der Waals surface area contributed by atoms with Gasteiger partial charge in [0.05, 0.1) is 10.9 Å². The van der Waals surface area contributed by atoms with Crippen LogP contribution in [-0.2, 0) is 0 Å². The number of aromatic nitrogens is 8. The first-order valence-corrected chi connectivity index (χ1v) is 11.6. The summed E-state index contributed by atoms with van der Waals surface area (Å²) in [5.74, 6) is 0.620. The molecule has 0 aliphatic rings. The van der Waals surface area contributed by atoms with E-state index >= 15 is 0 Å². The zero-order valence-corrected chi connectivity index (χ0v) is 20.1. The number of nitrogens with zero attached hydrogens (tertiary/aromatic N) is 7. The van der Waals surface area contributed by atoms with Gasteiger partial charge in [-0.3, -0.25) is 5.10 Å². The number of imidazole rings is 1. The van der Waals surface area contributed by atoms with Gasteiger partial charge in [0.2, 0.25) is 0 Å². The number of hydrogen-bond acceptors (Lipinski definition) is 8. The number of pyridine rings is 2. The summed E-state index contributed by atoms with van der Waals surface area (Å²) in [6.45, 7) is 1.18. The molecule has 37 heavy (non-hydrogen) atoms. The molecule has 5 heterocycles. The quantitative estimate of drug-likeness (QED) is 0.340. The Hall–Kier alpha value is -4.77. The molecule has 184 valence electrons. The molecule has 0 aliphatic carbocycles. The zero-order chi connectivity index (χ0) is 25.4. The molecule has 0 radical (unpaired) electrons. The maximum absolute atomic E-state index is 14.5. The molecule has 0 amide bonds. The Bertz CT molecular complexity index is 1710. The molecular formula is C26H22FN9O. The van der Waals surface area contributed by atoms with Gasteiger partial charge >= 0.3 is 0 Å². The minimum absolute atomic E-state index is 0.384. The average Bonchev–Trinajstić information content (AvgIpc) is 3.52. The van der Waals surface area contributed by atoms with Gasteiger partial charge in [-0.1, -0.05) is 0 Å². The summed E-state index contributed by atoms with van der Waals surface area (Å²) in [4.78, 5) is 27.1. The highest BCUT2D eigenvalue weighted by molar-refractivity contribution is 5.96. The van der Waals surface area contributed by atoms with E-state index in [0.29, 0.717) is 46.2 Å². The van der Waals surface area contributed by atoms with Crippen molar-refractivity contribution in [3.8, 4) is 39.5 Å². The smallest absolute Gasteiger partial charge is 0.181 e. The van der Waals surface area contributed by atoms with Crippen molar-refractivity contribution in [1.82, 2.24) is 45.0 Å². The van der Waals surface area contributed by atoms with Crippen molar-refractivity contribution >= 4 is 22.2 Å². The summed E-state index contributed by atoms with van der Waals surface area (Å²) in [5.41, 5.74) is 5.49. The van der Waals surface area contributed by atoms with Gasteiger partial charge < -0.3 is 14.6 Å². The van der Waals surface area contributed by atoms with Crippen LogP contribution in [0.2, 0.25) is 0 Å². The van der Waals surface area contributed by atoms with E-state index in [9.17, 15) is 4.39 Å².